The molecule has 0 saturated carbocycles. The van der Waals surface area contributed by atoms with Crippen molar-refractivity contribution in [3.8, 4) is 11.8 Å². The van der Waals surface area contributed by atoms with E-state index in [-0.39, 0.29) is 11.7 Å². The molecule has 0 fully saturated rings. The minimum Gasteiger partial charge on any atom is -0.494 e. The maximum absolute atomic E-state index is 9.33. The molecule has 5 heteroatoms. The van der Waals surface area contributed by atoms with Crippen LogP contribution in [-0.4, -0.2) is 11.6 Å². The number of nitriles is 1. The van der Waals surface area contributed by atoms with Gasteiger partial charge in [-0.15, -0.1) is 0 Å². The van der Waals surface area contributed by atoms with Crippen molar-refractivity contribution in [2.75, 3.05) is 11.9 Å². The fourth-order valence-corrected chi connectivity index (χ4v) is 2.61. The highest BCUT2D eigenvalue weighted by atomic mass is 16.5. The van der Waals surface area contributed by atoms with E-state index < -0.39 is 0 Å². The number of ether oxygens (including phenoxy) is 1. The van der Waals surface area contributed by atoms with Gasteiger partial charge in [-0.1, -0.05) is 42.5 Å². The second-order valence-electron chi connectivity index (χ2n) is 5.95. The molecule has 0 amide bonds. The van der Waals surface area contributed by atoms with Gasteiger partial charge >= 0.3 is 0 Å². The van der Waals surface area contributed by atoms with Gasteiger partial charge in [0.25, 0.3) is 0 Å². The van der Waals surface area contributed by atoms with Gasteiger partial charge in [0.05, 0.1) is 12.6 Å². The van der Waals surface area contributed by atoms with Crippen molar-refractivity contribution in [1.82, 2.24) is 4.98 Å². The van der Waals surface area contributed by atoms with Crippen LogP contribution in [0.2, 0.25) is 0 Å². The molecule has 0 saturated heterocycles. The molecule has 5 nitrogen and oxygen atoms in total. The van der Waals surface area contributed by atoms with Gasteiger partial charge in [-0.2, -0.15) is 10.2 Å². The lowest BCUT2D eigenvalue weighted by Gasteiger charge is -2.12. The zero-order valence-electron chi connectivity index (χ0n) is 15.3. The molecule has 136 valence electrons. The summed E-state index contributed by atoms with van der Waals surface area (Å²) in [5.74, 6) is 1.59. The second-order valence-corrected chi connectivity index (χ2v) is 5.95. The van der Waals surface area contributed by atoms with E-state index >= 15 is 0 Å². The van der Waals surface area contributed by atoms with Gasteiger partial charge in [-0.05, 0) is 43.2 Å². The van der Waals surface area contributed by atoms with Crippen molar-refractivity contribution in [2.45, 2.75) is 19.9 Å². The fourth-order valence-electron chi connectivity index (χ4n) is 2.61. The number of oxazole rings is 1. The number of aromatic nitrogens is 1. The van der Waals surface area contributed by atoms with Crippen LogP contribution in [0.5, 0.6) is 5.75 Å². The zero-order valence-corrected chi connectivity index (χ0v) is 15.3. The maximum Gasteiger partial charge on any atom is 0.233 e. The summed E-state index contributed by atoms with van der Waals surface area (Å²) in [6.07, 6.45) is 3.63. The van der Waals surface area contributed by atoms with Crippen LogP contribution >= 0.6 is 0 Å². The maximum atomic E-state index is 9.33. The summed E-state index contributed by atoms with van der Waals surface area (Å²) >= 11 is 0. The largest absolute Gasteiger partial charge is 0.494 e. The molecule has 0 aliphatic heterocycles. The topological polar surface area (TPSA) is 71.1 Å². The Morgan fingerprint density at radius 3 is 2.56 bits per heavy atom. The quantitative estimate of drug-likeness (QED) is 0.621. The van der Waals surface area contributed by atoms with Crippen LogP contribution in [0.4, 0.5) is 5.88 Å². The molecular formula is C22H21N3O2. The molecule has 1 aromatic heterocycles. The van der Waals surface area contributed by atoms with Crippen LogP contribution in [0.15, 0.2) is 59.0 Å². The van der Waals surface area contributed by atoms with Crippen LogP contribution in [0.1, 0.15) is 42.6 Å². The predicted molar refractivity (Wildman–Crippen MR) is 106 cm³/mol. The second kappa shape index (κ2) is 8.72. The zero-order chi connectivity index (χ0) is 19.1. The lowest BCUT2D eigenvalue weighted by Crippen LogP contribution is -2.06. The first kappa shape index (κ1) is 18.3. The van der Waals surface area contributed by atoms with Crippen LogP contribution in [0.3, 0.4) is 0 Å². The van der Waals surface area contributed by atoms with Crippen molar-refractivity contribution >= 4 is 18.0 Å². The number of rotatable bonds is 7. The van der Waals surface area contributed by atoms with Crippen LogP contribution in [-0.2, 0) is 0 Å². The average Bonchev–Trinajstić information content (AvgIpc) is 3.10. The summed E-state index contributed by atoms with van der Waals surface area (Å²) in [6.45, 7) is 4.60. The van der Waals surface area contributed by atoms with Gasteiger partial charge in [-0.3, -0.25) is 0 Å². The first-order chi connectivity index (χ1) is 13.2. The standard InChI is InChI=1S/C22H21N3O2/c1-3-26-19-12-9-17(10-13-19)11-14-21-25-20(15-23)22(27-21)24-16(2)18-7-5-4-6-8-18/h4-14,16,24H,3H2,1-2H3/b14-11+. The molecule has 2 aromatic carbocycles. The first-order valence-corrected chi connectivity index (χ1v) is 8.83. The van der Waals surface area contributed by atoms with E-state index in [4.69, 9.17) is 9.15 Å². The Morgan fingerprint density at radius 1 is 1.15 bits per heavy atom. The molecule has 27 heavy (non-hydrogen) atoms. The van der Waals surface area contributed by atoms with E-state index in [0.717, 1.165) is 16.9 Å². The van der Waals surface area contributed by atoms with E-state index in [1.54, 1.807) is 6.08 Å². The summed E-state index contributed by atoms with van der Waals surface area (Å²) in [4.78, 5) is 4.24. The average molecular weight is 359 g/mol. The number of hydrogen-bond acceptors (Lipinski definition) is 5. The van der Waals surface area contributed by atoms with Crippen molar-refractivity contribution in [2.24, 2.45) is 0 Å². The Morgan fingerprint density at radius 2 is 1.89 bits per heavy atom. The smallest absolute Gasteiger partial charge is 0.233 e. The number of anilines is 1. The van der Waals surface area contributed by atoms with Crippen molar-refractivity contribution in [1.29, 1.82) is 5.26 Å². The summed E-state index contributed by atoms with van der Waals surface area (Å²) in [7, 11) is 0. The highest BCUT2D eigenvalue weighted by Gasteiger charge is 2.14. The molecule has 1 unspecified atom stereocenters. The fraction of sp³-hybridized carbons (Fsp3) is 0.182. The van der Waals surface area contributed by atoms with Crippen molar-refractivity contribution in [3.05, 3.63) is 77.3 Å². The molecule has 3 aromatic rings. The lowest BCUT2D eigenvalue weighted by molar-refractivity contribution is 0.340. The minimum atomic E-state index is -0.00538. The molecule has 1 atom stereocenters. The molecule has 1 N–H and O–H groups in total. The molecular weight excluding hydrogens is 338 g/mol. The molecule has 0 spiro atoms. The Kier molecular flexibility index (Phi) is 5.91. The number of nitrogens with one attached hydrogen (secondary N) is 1. The molecule has 0 aliphatic rings. The highest BCUT2D eigenvalue weighted by Crippen LogP contribution is 2.24. The van der Waals surface area contributed by atoms with Crippen LogP contribution < -0.4 is 10.1 Å². The number of nitrogens with zero attached hydrogens (tertiary/aromatic N) is 2. The van der Waals surface area contributed by atoms with E-state index in [1.165, 1.54) is 0 Å². The summed E-state index contributed by atoms with van der Waals surface area (Å²) in [5.41, 5.74) is 2.33. The Labute approximate surface area is 158 Å². The molecule has 0 bridgehead atoms. The minimum absolute atomic E-state index is 0.00538. The molecule has 3 rings (SSSR count). The molecule has 1 heterocycles. The van der Waals surface area contributed by atoms with E-state index in [2.05, 4.69) is 16.4 Å². The summed E-state index contributed by atoms with van der Waals surface area (Å²) < 4.78 is 11.2. The van der Waals surface area contributed by atoms with Gasteiger partial charge < -0.3 is 14.5 Å². The first-order valence-electron chi connectivity index (χ1n) is 8.83. The van der Waals surface area contributed by atoms with Gasteiger partial charge in [0, 0.05) is 6.08 Å². The van der Waals surface area contributed by atoms with E-state index in [9.17, 15) is 5.26 Å². The van der Waals surface area contributed by atoms with Crippen molar-refractivity contribution < 1.29 is 9.15 Å². The Hall–Kier alpha value is -3.52. The van der Waals surface area contributed by atoms with E-state index in [1.807, 2.05) is 74.5 Å². The monoisotopic (exact) mass is 359 g/mol. The molecule has 0 radical (unpaired) electrons. The van der Waals surface area contributed by atoms with Gasteiger partial charge in [-0.25, -0.2) is 0 Å². The van der Waals surface area contributed by atoms with Gasteiger partial charge in [0.2, 0.25) is 17.5 Å². The summed E-state index contributed by atoms with van der Waals surface area (Å²) in [6, 6.07) is 19.8. The third-order valence-corrected chi connectivity index (χ3v) is 4.01. The number of benzene rings is 2. The number of hydrogen-bond donors (Lipinski definition) is 1. The Bertz CT molecular complexity index is 938. The third kappa shape index (κ3) is 4.77. The SMILES string of the molecule is CCOc1ccc(/C=C/c2nc(C#N)c(NC(C)c3ccccc3)o2)cc1. The van der Waals surface area contributed by atoms with Gasteiger partial charge in [0.1, 0.15) is 11.8 Å². The Balaban J connectivity index is 1.73. The van der Waals surface area contributed by atoms with Gasteiger partial charge in [0.15, 0.2) is 0 Å². The van der Waals surface area contributed by atoms with Crippen molar-refractivity contribution in [3.63, 3.8) is 0 Å². The third-order valence-electron chi connectivity index (χ3n) is 4.01. The van der Waals surface area contributed by atoms with Crippen LogP contribution in [0.25, 0.3) is 12.2 Å². The molecule has 0 aliphatic carbocycles. The normalized spacial score (nSPS) is 11.9. The van der Waals surface area contributed by atoms with Crippen LogP contribution in [0, 0.1) is 11.3 Å². The highest BCUT2D eigenvalue weighted by molar-refractivity contribution is 5.67. The lowest BCUT2D eigenvalue weighted by atomic mass is 10.1. The summed E-state index contributed by atoms with van der Waals surface area (Å²) in [5, 5.41) is 12.5. The van der Waals surface area contributed by atoms with E-state index in [0.29, 0.717) is 18.4 Å². The predicted octanol–water partition coefficient (Wildman–Crippen LogP) is 5.29.